The Morgan fingerprint density at radius 1 is 1.50 bits per heavy atom. The van der Waals surface area contributed by atoms with Crippen molar-refractivity contribution < 1.29 is 4.79 Å². The maximum absolute atomic E-state index is 11.2. The Hall–Kier alpha value is -0.290. The van der Waals surface area contributed by atoms with Gasteiger partial charge in [-0.15, -0.1) is 0 Å². The first-order chi connectivity index (χ1) is 6.74. The van der Waals surface area contributed by atoms with Gasteiger partial charge in [0.05, 0.1) is 5.75 Å². The summed E-state index contributed by atoms with van der Waals surface area (Å²) in [5.74, 6) is 0.516. The maximum Gasteiger partial charge on any atom is 0.230 e. The van der Waals surface area contributed by atoms with Gasteiger partial charge in [-0.25, -0.2) is 0 Å². The Morgan fingerprint density at radius 3 is 2.71 bits per heavy atom. The number of nitrogens with zero attached hydrogens (tertiary/aromatic N) is 1. The molecule has 0 aromatic heterocycles. The lowest BCUT2D eigenvalue weighted by atomic mass is 10.4. The summed E-state index contributed by atoms with van der Waals surface area (Å²) in [4.78, 5) is 13.3. The van der Waals surface area contributed by atoms with Gasteiger partial charge in [-0.05, 0) is 19.8 Å². The van der Waals surface area contributed by atoms with Crippen LogP contribution in [0.1, 0.15) is 19.8 Å². The van der Waals surface area contributed by atoms with Gasteiger partial charge in [-0.2, -0.15) is 0 Å². The van der Waals surface area contributed by atoms with Crippen LogP contribution in [0.2, 0.25) is 0 Å². The van der Waals surface area contributed by atoms with Crippen LogP contribution in [0, 0.1) is 0 Å². The molecule has 1 fully saturated rings. The Kier molecular flexibility index (Phi) is 5.25. The molecular formula is C9H16N2OS2. The molecule has 5 heteroatoms. The third kappa shape index (κ3) is 3.84. The van der Waals surface area contributed by atoms with E-state index in [4.69, 9.17) is 12.2 Å². The van der Waals surface area contributed by atoms with E-state index >= 15 is 0 Å². The highest BCUT2D eigenvalue weighted by Gasteiger charge is 2.15. The van der Waals surface area contributed by atoms with Gasteiger partial charge >= 0.3 is 0 Å². The number of rotatable bonds is 3. The molecule has 80 valence electrons. The second kappa shape index (κ2) is 6.24. The molecule has 0 bridgehead atoms. The molecule has 1 saturated heterocycles. The molecule has 0 aromatic carbocycles. The van der Waals surface area contributed by atoms with Crippen LogP contribution in [0.3, 0.4) is 0 Å². The SMILES string of the molecule is CCNC(=O)CSC(=S)N1CCCC1. The molecule has 1 rings (SSSR count). The van der Waals surface area contributed by atoms with Gasteiger partial charge in [0.15, 0.2) is 0 Å². The minimum Gasteiger partial charge on any atom is -0.358 e. The summed E-state index contributed by atoms with van der Waals surface area (Å²) in [6, 6.07) is 0. The van der Waals surface area contributed by atoms with Crippen molar-refractivity contribution in [2.24, 2.45) is 0 Å². The molecule has 0 aliphatic carbocycles. The summed E-state index contributed by atoms with van der Waals surface area (Å²) < 4.78 is 0.869. The first kappa shape index (κ1) is 11.8. The monoisotopic (exact) mass is 232 g/mol. The zero-order valence-electron chi connectivity index (χ0n) is 8.41. The molecule has 1 N–H and O–H groups in total. The minimum absolute atomic E-state index is 0.0686. The normalized spacial score (nSPS) is 15.6. The van der Waals surface area contributed by atoms with E-state index in [0.29, 0.717) is 12.3 Å². The molecule has 0 unspecified atom stereocenters. The first-order valence-electron chi connectivity index (χ1n) is 4.92. The van der Waals surface area contributed by atoms with E-state index in [1.165, 1.54) is 24.6 Å². The lowest BCUT2D eigenvalue weighted by molar-refractivity contribution is -0.118. The third-order valence-corrected chi connectivity index (χ3v) is 3.59. The smallest absolute Gasteiger partial charge is 0.230 e. The lowest BCUT2D eigenvalue weighted by Gasteiger charge is -2.17. The lowest BCUT2D eigenvalue weighted by Crippen LogP contribution is -2.28. The summed E-state index contributed by atoms with van der Waals surface area (Å²) in [7, 11) is 0. The molecule has 1 heterocycles. The summed E-state index contributed by atoms with van der Waals surface area (Å²) in [6.07, 6.45) is 2.45. The van der Waals surface area contributed by atoms with Crippen LogP contribution in [0.25, 0.3) is 0 Å². The van der Waals surface area contributed by atoms with Gasteiger partial charge < -0.3 is 10.2 Å². The number of carbonyl (C=O) groups excluding carboxylic acids is 1. The highest BCUT2D eigenvalue weighted by atomic mass is 32.2. The fourth-order valence-corrected chi connectivity index (χ4v) is 2.45. The van der Waals surface area contributed by atoms with Crippen molar-refractivity contribution >= 4 is 34.2 Å². The second-order valence-corrected chi connectivity index (χ2v) is 4.81. The zero-order valence-corrected chi connectivity index (χ0v) is 10.0. The number of thioether (sulfide) groups is 1. The Labute approximate surface area is 94.6 Å². The van der Waals surface area contributed by atoms with Crippen LogP contribution in [0.15, 0.2) is 0 Å². The van der Waals surface area contributed by atoms with Crippen molar-refractivity contribution in [3.8, 4) is 0 Å². The fourth-order valence-electron chi connectivity index (χ4n) is 1.37. The second-order valence-electron chi connectivity index (χ2n) is 3.20. The average molecular weight is 232 g/mol. The van der Waals surface area contributed by atoms with E-state index in [1.807, 2.05) is 6.92 Å². The minimum atomic E-state index is 0.0686. The highest BCUT2D eigenvalue weighted by molar-refractivity contribution is 8.23. The number of amides is 1. The summed E-state index contributed by atoms with van der Waals surface area (Å²) in [6.45, 7) is 4.72. The van der Waals surface area contributed by atoms with E-state index in [2.05, 4.69) is 10.2 Å². The summed E-state index contributed by atoms with van der Waals surface area (Å²) >= 11 is 6.69. The van der Waals surface area contributed by atoms with E-state index in [9.17, 15) is 4.79 Å². The molecule has 0 saturated carbocycles. The number of hydrogen-bond acceptors (Lipinski definition) is 3. The van der Waals surface area contributed by atoms with Crippen LogP contribution in [0.4, 0.5) is 0 Å². The molecule has 1 amide bonds. The first-order valence-corrected chi connectivity index (χ1v) is 6.32. The van der Waals surface area contributed by atoms with Gasteiger partial charge in [0, 0.05) is 19.6 Å². The predicted molar refractivity (Wildman–Crippen MR) is 64.5 cm³/mol. The van der Waals surface area contributed by atoms with Crippen molar-refractivity contribution in [3.63, 3.8) is 0 Å². The molecule has 1 aliphatic heterocycles. The predicted octanol–water partition coefficient (Wildman–Crippen LogP) is 1.24. The Balaban J connectivity index is 2.17. The summed E-state index contributed by atoms with van der Waals surface area (Å²) in [5.41, 5.74) is 0. The molecule has 0 spiro atoms. The standard InChI is InChI=1S/C9H16N2OS2/c1-2-10-8(12)7-14-9(13)11-5-3-4-6-11/h2-7H2,1H3,(H,10,12). The molecule has 0 aromatic rings. The number of nitrogens with one attached hydrogen (secondary N) is 1. The van der Waals surface area contributed by atoms with Crippen molar-refractivity contribution in [2.45, 2.75) is 19.8 Å². The molecule has 14 heavy (non-hydrogen) atoms. The van der Waals surface area contributed by atoms with E-state index in [0.717, 1.165) is 17.4 Å². The number of thiocarbonyl (C=S) groups is 1. The number of hydrogen-bond donors (Lipinski definition) is 1. The Bertz CT molecular complexity index is 215. The van der Waals surface area contributed by atoms with Crippen molar-refractivity contribution in [3.05, 3.63) is 0 Å². The number of carbonyl (C=O) groups is 1. The van der Waals surface area contributed by atoms with E-state index in [-0.39, 0.29) is 5.91 Å². The molecule has 0 atom stereocenters. The topological polar surface area (TPSA) is 32.3 Å². The van der Waals surface area contributed by atoms with Crippen LogP contribution in [-0.4, -0.2) is 40.5 Å². The van der Waals surface area contributed by atoms with Crippen molar-refractivity contribution in [1.82, 2.24) is 10.2 Å². The van der Waals surface area contributed by atoms with Gasteiger partial charge in [0.1, 0.15) is 4.32 Å². The van der Waals surface area contributed by atoms with Crippen LogP contribution in [-0.2, 0) is 4.79 Å². The van der Waals surface area contributed by atoms with Gasteiger partial charge in [-0.1, -0.05) is 24.0 Å². The number of likely N-dealkylation sites (tertiary alicyclic amines) is 1. The van der Waals surface area contributed by atoms with Crippen LogP contribution >= 0.6 is 24.0 Å². The third-order valence-electron chi connectivity index (χ3n) is 2.06. The average Bonchev–Trinajstić information content (AvgIpc) is 2.67. The zero-order chi connectivity index (χ0) is 10.4. The molecular weight excluding hydrogens is 216 g/mol. The highest BCUT2D eigenvalue weighted by Crippen LogP contribution is 2.15. The maximum atomic E-state index is 11.2. The van der Waals surface area contributed by atoms with Crippen LogP contribution < -0.4 is 5.32 Å². The van der Waals surface area contributed by atoms with Gasteiger partial charge in [-0.3, -0.25) is 4.79 Å². The van der Waals surface area contributed by atoms with Gasteiger partial charge in [0.25, 0.3) is 0 Å². The van der Waals surface area contributed by atoms with Gasteiger partial charge in [0.2, 0.25) is 5.91 Å². The van der Waals surface area contributed by atoms with Crippen molar-refractivity contribution in [2.75, 3.05) is 25.4 Å². The van der Waals surface area contributed by atoms with Crippen molar-refractivity contribution in [1.29, 1.82) is 0 Å². The summed E-state index contributed by atoms with van der Waals surface area (Å²) in [5, 5.41) is 2.75. The van der Waals surface area contributed by atoms with E-state index in [1.54, 1.807) is 0 Å². The Morgan fingerprint density at radius 2 is 2.14 bits per heavy atom. The largest absolute Gasteiger partial charge is 0.358 e. The van der Waals surface area contributed by atoms with Crippen LogP contribution in [0.5, 0.6) is 0 Å². The van der Waals surface area contributed by atoms with E-state index < -0.39 is 0 Å². The molecule has 3 nitrogen and oxygen atoms in total. The molecule has 1 aliphatic rings. The molecule has 0 radical (unpaired) electrons. The fraction of sp³-hybridized carbons (Fsp3) is 0.778. The quantitative estimate of drug-likeness (QED) is 0.742.